The minimum atomic E-state index is -0.774. The van der Waals surface area contributed by atoms with E-state index in [-0.39, 0.29) is 24.2 Å². The molecule has 4 heteroatoms. The maximum atomic E-state index is 11.6. The molecular formula is C12H21NO3. The fourth-order valence-electron chi connectivity index (χ4n) is 1.72. The SMILES string of the molecule is CC(CCC(=O)O)CNC(=O)C(C)C1CC1. The molecule has 0 aliphatic heterocycles. The van der Waals surface area contributed by atoms with Crippen molar-refractivity contribution < 1.29 is 14.7 Å². The van der Waals surface area contributed by atoms with E-state index in [9.17, 15) is 9.59 Å². The number of nitrogens with one attached hydrogen (secondary N) is 1. The van der Waals surface area contributed by atoms with Gasteiger partial charge in [0.1, 0.15) is 0 Å². The predicted molar refractivity (Wildman–Crippen MR) is 60.9 cm³/mol. The van der Waals surface area contributed by atoms with Crippen molar-refractivity contribution in [2.75, 3.05) is 6.54 Å². The van der Waals surface area contributed by atoms with Gasteiger partial charge in [-0.25, -0.2) is 0 Å². The number of carboxylic acid groups (broad SMARTS) is 1. The molecule has 92 valence electrons. The average molecular weight is 227 g/mol. The summed E-state index contributed by atoms with van der Waals surface area (Å²) in [7, 11) is 0. The van der Waals surface area contributed by atoms with Crippen LogP contribution in [0.25, 0.3) is 0 Å². The van der Waals surface area contributed by atoms with Crippen molar-refractivity contribution in [3.63, 3.8) is 0 Å². The Bertz CT molecular complexity index is 261. The lowest BCUT2D eigenvalue weighted by Crippen LogP contribution is -2.33. The Morgan fingerprint density at radius 3 is 2.50 bits per heavy atom. The third-order valence-corrected chi connectivity index (χ3v) is 3.22. The van der Waals surface area contributed by atoms with Crippen molar-refractivity contribution in [1.29, 1.82) is 0 Å². The minimum absolute atomic E-state index is 0.115. The summed E-state index contributed by atoms with van der Waals surface area (Å²) in [4.78, 5) is 22.0. The molecular weight excluding hydrogens is 206 g/mol. The zero-order valence-electron chi connectivity index (χ0n) is 10.0. The van der Waals surface area contributed by atoms with Gasteiger partial charge in [0.05, 0.1) is 0 Å². The molecule has 2 unspecified atom stereocenters. The van der Waals surface area contributed by atoms with E-state index in [0.717, 1.165) is 0 Å². The van der Waals surface area contributed by atoms with E-state index >= 15 is 0 Å². The summed E-state index contributed by atoms with van der Waals surface area (Å²) in [5.41, 5.74) is 0. The zero-order valence-corrected chi connectivity index (χ0v) is 10.0. The first-order chi connectivity index (χ1) is 7.50. The van der Waals surface area contributed by atoms with Crippen molar-refractivity contribution in [3.8, 4) is 0 Å². The second-order valence-corrected chi connectivity index (χ2v) is 4.91. The van der Waals surface area contributed by atoms with Gasteiger partial charge in [-0.1, -0.05) is 13.8 Å². The van der Waals surface area contributed by atoms with Gasteiger partial charge in [-0.05, 0) is 31.1 Å². The van der Waals surface area contributed by atoms with E-state index < -0.39 is 5.97 Å². The first-order valence-corrected chi connectivity index (χ1v) is 6.00. The van der Waals surface area contributed by atoms with Crippen LogP contribution >= 0.6 is 0 Å². The Morgan fingerprint density at radius 1 is 1.38 bits per heavy atom. The van der Waals surface area contributed by atoms with E-state index in [2.05, 4.69) is 5.32 Å². The highest BCUT2D eigenvalue weighted by atomic mass is 16.4. The quantitative estimate of drug-likeness (QED) is 0.695. The van der Waals surface area contributed by atoms with Gasteiger partial charge in [-0.15, -0.1) is 0 Å². The molecule has 1 fully saturated rings. The lowest BCUT2D eigenvalue weighted by Gasteiger charge is -2.14. The maximum Gasteiger partial charge on any atom is 0.303 e. The molecule has 16 heavy (non-hydrogen) atoms. The summed E-state index contributed by atoms with van der Waals surface area (Å²) in [5.74, 6) is 0.265. The zero-order chi connectivity index (χ0) is 12.1. The van der Waals surface area contributed by atoms with Crippen molar-refractivity contribution in [2.24, 2.45) is 17.8 Å². The summed E-state index contributed by atoms with van der Waals surface area (Å²) in [5, 5.41) is 11.4. The largest absolute Gasteiger partial charge is 0.481 e. The molecule has 0 heterocycles. The van der Waals surface area contributed by atoms with Gasteiger partial charge in [0.25, 0.3) is 0 Å². The molecule has 1 aliphatic rings. The summed E-state index contributed by atoms with van der Waals surface area (Å²) in [6.45, 7) is 4.52. The fraction of sp³-hybridized carbons (Fsp3) is 0.833. The first kappa shape index (κ1) is 13.0. The molecule has 1 rings (SSSR count). The number of amides is 1. The minimum Gasteiger partial charge on any atom is -0.481 e. The van der Waals surface area contributed by atoms with Crippen LogP contribution in [-0.4, -0.2) is 23.5 Å². The number of carbonyl (C=O) groups excluding carboxylic acids is 1. The van der Waals surface area contributed by atoms with Crippen LogP contribution in [0.1, 0.15) is 39.5 Å². The van der Waals surface area contributed by atoms with E-state index in [4.69, 9.17) is 5.11 Å². The Balaban J connectivity index is 2.12. The van der Waals surface area contributed by atoms with Gasteiger partial charge in [-0.2, -0.15) is 0 Å². The highest BCUT2D eigenvalue weighted by Gasteiger charge is 2.32. The molecule has 0 radical (unpaired) electrons. The normalized spacial score (nSPS) is 18.9. The summed E-state index contributed by atoms with van der Waals surface area (Å²) >= 11 is 0. The summed E-state index contributed by atoms with van der Waals surface area (Å²) < 4.78 is 0. The molecule has 0 bridgehead atoms. The van der Waals surface area contributed by atoms with Crippen LogP contribution in [-0.2, 0) is 9.59 Å². The van der Waals surface area contributed by atoms with E-state index in [1.165, 1.54) is 12.8 Å². The molecule has 1 saturated carbocycles. The first-order valence-electron chi connectivity index (χ1n) is 6.00. The Morgan fingerprint density at radius 2 is 2.00 bits per heavy atom. The van der Waals surface area contributed by atoms with Gasteiger partial charge in [0.15, 0.2) is 0 Å². The van der Waals surface area contributed by atoms with Crippen LogP contribution < -0.4 is 5.32 Å². The molecule has 2 N–H and O–H groups in total. The molecule has 0 saturated heterocycles. The maximum absolute atomic E-state index is 11.6. The van der Waals surface area contributed by atoms with Crippen molar-refractivity contribution in [3.05, 3.63) is 0 Å². The van der Waals surface area contributed by atoms with Crippen LogP contribution in [0.2, 0.25) is 0 Å². The molecule has 0 spiro atoms. The number of hydrogen-bond donors (Lipinski definition) is 2. The standard InChI is InChI=1S/C12H21NO3/c1-8(3-6-11(14)15)7-13-12(16)9(2)10-4-5-10/h8-10H,3-7H2,1-2H3,(H,13,16)(H,14,15). The highest BCUT2D eigenvalue weighted by Crippen LogP contribution is 2.36. The molecule has 0 aromatic rings. The number of hydrogen-bond acceptors (Lipinski definition) is 2. The second kappa shape index (κ2) is 5.87. The van der Waals surface area contributed by atoms with Gasteiger partial charge in [0, 0.05) is 18.9 Å². The Kier molecular flexibility index (Phi) is 4.77. The van der Waals surface area contributed by atoms with E-state index in [0.29, 0.717) is 18.9 Å². The molecule has 4 nitrogen and oxygen atoms in total. The molecule has 0 aromatic heterocycles. The summed E-state index contributed by atoms with van der Waals surface area (Å²) in [6.07, 6.45) is 3.13. The lowest BCUT2D eigenvalue weighted by atomic mass is 10.0. The number of rotatable bonds is 7. The Labute approximate surface area is 96.4 Å². The smallest absolute Gasteiger partial charge is 0.303 e. The number of carboxylic acids is 1. The van der Waals surface area contributed by atoms with Gasteiger partial charge in [-0.3, -0.25) is 9.59 Å². The van der Waals surface area contributed by atoms with Crippen molar-refractivity contribution in [2.45, 2.75) is 39.5 Å². The van der Waals surface area contributed by atoms with Gasteiger partial charge < -0.3 is 10.4 Å². The third-order valence-electron chi connectivity index (χ3n) is 3.22. The van der Waals surface area contributed by atoms with Crippen LogP contribution in [0, 0.1) is 17.8 Å². The topological polar surface area (TPSA) is 66.4 Å². The van der Waals surface area contributed by atoms with E-state index in [1.807, 2.05) is 13.8 Å². The molecule has 1 amide bonds. The van der Waals surface area contributed by atoms with Crippen molar-refractivity contribution >= 4 is 11.9 Å². The monoisotopic (exact) mass is 227 g/mol. The summed E-state index contributed by atoms with van der Waals surface area (Å²) in [6, 6.07) is 0. The lowest BCUT2D eigenvalue weighted by molar-refractivity contribution is -0.137. The average Bonchev–Trinajstić information content (AvgIpc) is 3.05. The highest BCUT2D eigenvalue weighted by molar-refractivity contribution is 5.78. The van der Waals surface area contributed by atoms with Gasteiger partial charge >= 0.3 is 5.97 Å². The van der Waals surface area contributed by atoms with Crippen LogP contribution in [0.15, 0.2) is 0 Å². The Hall–Kier alpha value is -1.06. The molecule has 1 aliphatic carbocycles. The predicted octanol–water partition coefficient (Wildman–Crippen LogP) is 1.65. The van der Waals surface area contributed by atoms with Gasteiger partial charge in [0.2, 0.25) is 5.91 Å². The van der Waals surface area contributed by atoms with Crippen LogP contribution in [0.4, 0.5) is 0 Å². The molecule has 2 atom stereocenters. The van der Waals surface area contributed by atoms with Crippen LogP contribution in [0.5, 0.6) is 0 Å². The fourth-order valence-corrected chi connectivity index (χ4v) is 1.72. The van der Waals surface area contributed by atoms with Crippen LogP contribution in [0.3, 0.4) is 0 Å². The van der Waals surface area contributed by atoms with Crippen molar-refractivity contribution in [1.82, 2.24) is 5.32 Å². The van der Waals surface area contributed by atoms with E-state index in [1.54, 1.807) is 0 Å². The molecule has 0 aromatic carbocycles. The second-order valence-electron chi connectivity index (χ2n) is 4.91. The third kappa shape index (κ3) is 4.64. The number of carbonyl (C=O) groups is 2. The number of aliphatic carboxylic acids is 1.